The van der Waals surface area contributed by atoms with E-state index in [-0.39, 0.29) is 23.5 Å². The maximum Gasteiger partial charge on any atom is 0.251 e. The maximum atomic E-state index is 12.6. The number of benzene rings is 2. The monoisotopic (exact) mass is 431 g/mol. The highest BCUT2D eigenvalue weighted by molar-refractivity contribution is 6.30. The van der Waals surface area contributed by atoms with Crippen LogP contribution in [0.1, 0.15) is 66.4 Å². The van der Waals surface area contributed by atoms with Gasteiger partial charge in [0.25, 0.3) is 5.91 Å². The normalized spacial score (nSPS) is 14.0. The van der Waals surface area contributed by atoms with E-state index in [4.69, 9.17) is 16.3 Å². The number of ether oxygens (including phenoxy) is 1. The number of aliphatic hydroxyl groups excluding tert-OH is 1. The molecule has 2 aromatic rings. The number of hydrogen-bond donors (Lipinski definition) is 2. The minimum absolute atomic E-state index is 0.0163. The van der Waals surface area contributed by atoms with Crippen LogP contribution in [0, 0.1) is 0 Å². The molecular weight excluding hydrogens is 402 g/mol. The maximum absolute atomic E-state index is 12.6. The molecule has 0 bridgehead atoms. The van der Waals surface area contributed by atoms with Crippen molar-refractivity contribution >= 4 is 23.3 Å². The number of methoxy groups -OCH3 is 1. The Morgan fingerprint density at radius 1 is 1.03 bits per heavy atom. The molecule has 0 aliphatic rings. The van der Waals surface area contributed by atoms with Crippen molar-refractivity contribution in [3.8, 4) is 0 Å². The van der Waals surface area contributed by atoms with Gasteiger partial charge in [-0.1, -0.05) is 49.2 Å². The van der Waals surface area contributed by atoms with Gasteiger partial charge in [0.2, 0.25) is 0 Å². The van der Waals surface area contributed by atoms with Gasteiger partial charge in [-0.2, -0.15) is 0 Å². The van der Waals surface area contributed by atoms with E-state index in [1.807, 2.05) is 36.4 Å². The van der Waals surface area contributed by atoms with Gasteiger partial charge in [-0.05, 0) is 54.7 Å². The molecule has 5 nitrogen and oxygen atoms in total. The Hall–Kier alpha value is -2.21. The third-order valence-electron chi connectivity index (χ3n) is 5.22. The van der Waals surface area contributed by atoms with E-state index in [2.05, 4.69) is 12.2 Å². The molecule has 0 aliphatic heterocycles. The van der Waals surface area contributed by atoms with E-state index in [9.17, 15) is 14.7 Å². The van der Waals surface area contributed by atoms with Crippen LogP contribution in [-0.2, 0) is 9.53 Å². The number of hydrogen-bond acceptors (Lipinski definition) is 4. The van der Waals surface area contributed by atoms with Crippen molar-refractivity contribution in [2.24, 2.45) is 0 Å². The predicted octanol–water partition coefficient (Wildman–Crippen LogP) is 4.68. The number of amides is 1. The van der Waals surface area contributed by atoms with Crippen LogP contribution in [-0.4, -0.2) is 36.7 Å². The van der Waals surface area contributed by atoms with Gasteiger partial charge in [-0.15, -0.1) is 0 Å². The van der Waals surface area contributed by atoms with Crippen molar-refractivity contribution in [2.45, 2.75) is 51.2 Å². The lowest BCUT2D eigenvalue weighted by Crippen LogP contribution is -2.27. The minimum Gasteiger partial charge on any atom is -0.368 e. The van der Waals surface area contributed by atoms with Crippen LogP contribution in [0.3, 0.4) is 0 Å². The van der Waals surface area contributed by atoms with E-state index in [0.29, 0.717) is 23.6 Å². The Kier molecular flexibility index (Phi) is 9.50. The zero-order valence-electron chi connectivity index (χ0n) is 17.7. The highest BCUT2D eigenvalue weighted by Crippen LogP contribution is 2.37. The predicted molar refractivity (Wildman–Crippen MR) is 119 cm³/mol. The molecule has 2 aromatic carbocycles. The van der Waals surface area contributed by atoms with Gasteiger partial charge in [-0.25, -0.2) is 0 Å². The minimum atomic E-state index is -0.890. The largest absolute Gasteiger partial charge is 0.368 e. The molecule has 0 fully saturated rings. The molecular formula is C24H30ClNO4. The van der Waals surface area contributed by atoms with Gasteiger partial charge in [0.1, 0.15) is 5.78 Å². The molecule has 2 rings (SSSR count). The van der Waals surface area contributed by atoms with Crippen LogP contribution in [0.4, 0.5) is 0 Å². The van der Waals surface area contributed by atoms with E-state index >= 15 is 0 Å². The lowest BCUT2D eigenvalue weighted by Gasteiger charge is -2.26. The number of halogens is 1. The van der Waals surface area contributed by atoms with Crippen molar-refractivity contribution in [1.29, 1.82) is 0 Å². The van der Waals surface area contributed by atoms with Crippen LogP contribution in [0.25, 0.3) is 0 Å². The molecule has 0 heterocycles. The number of aliphatic hydroxyl groups is 1. The molecule has 6 heteroatoms. The van der Waals surface area contributed by atoms with Crippen LogP contribution in [0.5, 0.6) is 0 Å². The molecule has 0 saturated carbocycles. The average Bonchev–Trinajstić information content (AvgIpc) is 2.74. The highest BCUT2D eigenvalue weighted by Gasteiger charge is 2.28. The SMILES string of the molecule is CCCC(c1ccc(C(=O)NCCC(O)OC)cc1)C(C(C)=O)c1ccc(Cl)cc1. The average molecular weight is 432 g/mol. The van der Waals surface area contributed by atoms with E-state index in [1.165, 1.54) is 7.11 Å². The summed E-state index contributed by atoms with van der Waals surface area (Å²) in [6.07, 6.45) is 1.22. The molecule has 2 N–H and O–H groups in total. The Morgan fingerprint density at radius 2 is 1.63 bits per heavy atom. The number of ketones is 1. The standard InChI is InChI=1S/C24H30ClNO4/c1-4-5-21(23(16(2)27)18-10-12-20(25)13-11-18)17-6-8-19(9-7-17)24(29)26-15-14-22(28)30-3/h6-13,21-23,28H,4-5,14-15H2,1-3H3,(H,26,29). The van der Waals surface area contributed by atoms with E-state index in [0.717, 1.165) is 24.0 Å². The van der Waals surface area contributed by atoms with Crippen LogP contribution in [0.15, 0.2) is 48.5 Å². The summed E-state index contributed by atoms with van der Waals surface area (Å²) in [7, 11) is 1.41. The summed E-state index contributed by atoms with van der Waals surface area (Å²) in [6.45, 7) is 4.04. The molecule has 0 aromatic heterocycles. The fraction of sp³-hybridized carbons (Fsp3) is 0.417. The fourth-order valence-electron chi connectivity index (χ4n) is 3.67. The first kappa shape index (κ1) is 24.1. The number of carbonyl (C=O) groups excluding carboxylic acids is 2. The molecule has 0 radical (unpaired) electrons. The quantitative estimate of drug-likeness (QED) is 0.506. The number of rotatable bonds is 11. The summed E-state index contributed by atoms with van der Waals surface area (Å²) in [6, 6.07) is 14.8. The second-order valence-corrected chi connectivity index (χ2v) is 7.83. The molecule has 162 valence electrons. The lowest BCUT2D eigenvalue weighted by atomic mass is 9.77. The van der Waals surface area contributed by atoms with E-state index < -0.39 is 6.29 Å². The number of Topliss-reactive ketones (excluding diaryl/α,β-unsaturated/α-hetero) is 1. The van der Waals surface area contributed by atoms with Crippen molar-refractivity contribution < 1.29 is 19.4 Å². The van der Waals surface area contributed by atoms with Crippen LogP contribution in [0.2, 0.25) is 5.02 Å². The summed E-state index contributed by atoms with van der Waals surface area (Å²) in [5.41, 5.74) is 2.51. The van der Waals surface area contributed by atoms with Crippen molar-refractivity contribution in [3.05, 3.63) is 70.2 Å². The van der Waals surface area contributed by atoms with Gasteiger partial charge >= 0.3 is 0 Å². The smallest absolute Gasteiger partial charge is 0.251 e. The second kappa shape index (κ2) is 11.8. The fourth-order valence-corrected chi connectivity index (χ4v) is 3.79. The molecule has 0 saturated heterocycles. The molecule has 1 amide bonds. The molecule has 3 atom stereocenters. The Morgan fingerprint density at radius 3 is 2.17 bits per heavy atom. The van der Waals surface area contributed by atoms with Crippen molar-refractivity contribution in [1.82, 2.24) is 5.32 Å². The Labute approximate surface area is 183 Å². The van der Waals surface area contributed by atoms with Gasteiger partial charge in [-0.3, -0.25) is 9.59 Å². The topological polar surface area (TPSA) is 75.6 Å². The van der Waals surface area contributed by atoms with E-state index in [1.54, 1.807) is 19.1 Å². The molecule has 0 aliphatic carbocycles. The molecule has 3 unspecified atom stereocenters. The van der Waals surface area contributed by atoms with Gasteiger partial charge in [0.05, 0.1) is 0 Å². The zero-order valence-corrected chi connectivity index (χ0v) is 18.5. The third kappa shape index (κ3) is 6.66. The Bertz CT molecular complexity index is 820. The van der Waals surface area contributed by atoms with Gasteiger partial charge in [0, 0.05) is 36.6 Å². The second-order valence-electron chi connectivity index (χ2n) is 7.39. The van der Waals surface area contributed by atoms with Crippen molar-refractivity contribution in [3.63, 3.8) is 0 Å². The first-order chi connectivity index (χ1) is 14.4. The molecule has 30 heavy (non-hydrogen) atoms. The van der Waals surface area contributed by atoms with Crippen molar-refractivity contribution in [2.75, 3.05) is 13.7 Å². The summed E-state index contributed by atoms with van der Waals surface area (Å²) in [4.78, 5) is 24.9. The summed E-state index contributed by atoms with van der Waals surface area (Å²) in [5, 5.41) is 12.8. The van der Waals surface area contributed by atoms with Crippen LogP contribution < -0.4 is 5.32 Å². The lowest BCUT2D eigenvalue weighted by molar-refractivity contribution is -0.119. The number of nitrogens with one attached hydrogen (secondary N) is 1. The summed E-state index contributed by atoms with van der Waals surface area (Å²) >= 11 is 6.02. The van der Waals surface area contributed by atoms with Gasteiger partial charge in [0.15, 0.2) is 6.29 Å². The molecule has 0 spiro atoms. The van der Waals surface area contributed by atoms with Gasteiger partial charge < -0.3 is 15.2 Å². The third-order valence-corrected chi connectivity index (χ3v) is 5.47. The number of carbonyl (C=O) groups is 2. The van der Waals surface area contributed by atoms with Crippen LogP contribution >= 0.6 is 11.6 Å². The highest BCUT2D eigenvalue weighted by atomic mass is 35.5. The zero-order chi connectivity index (χ0) is 22.1. The summed E-state index contributed by atoms with van der Waals surface area (Å²) < 4.78 is 4.76. The first-order valence-electron chi connectivity index (χ1n) is 10.2. The Balaban J connectivity index is 2.19. The first-order valence-corrected chi connectivity index (χ1v) is 10.6. The summed E-state index contributed by atoms with van der Waals surface area (Å²) in [5.74, 6) is -0.355.